The summed E-state index contributed by atoms with van der Waals surface area (Å²) in [6.45, 7) is 10.4. The highest BCUT2D eigenvalue weighted by atomic mass is 16.7. The van der Waals surface area contributed by atoms with Crippen molar-refractivity contribution in [3.8, 4) is 11.5 Å². The summed E-state index contributed by atoms with van der Waals surface area (Å²) in [5.74, 6) is 0.617. The first-order valence-electron chi connectivity index (χ1n) is 8.88. The third-order valence-electron chi connectivity index (χ3n) is 5.13. The Morgan fingerprint density at radius 3 is 2.23 bits per heavy atom. The second-order valence-corrected chi connectivity index (χ2v) is 7.35. The molecule has 2 rings (SSSR count). The fraction of sp³-hybridized carbons (Fsp3) is 0.632. The minimum Gasteiger partial charge on any atom is -0.493 e. The van der Waals surface area contributed by atoms with E-state index in [1.54, 1.807) is 7.11 Å². The molecule has 0 aliphatic carbocycles. The predicted molar refractivity (Wildman–Crippen MR) is 99.6 cm³/mol. The van der Waals surface area contributed by atoms with Crippen molar-refractivity contribution >= 4 is 13.1 Å². The van der Waals surface area contributed by atoms with Crippen LogP contribution >= 0.6 is 0 Å². The molecule has 0 spiro atoms. The molecule has 1 unspecified atom stereocenters. The Labute approximate surface area is 156 Å². The zero-order valence-corrected chi connectivity index (χ0v) is 16.8. The first-order chi connectivity index (χ1) is 12.1. The summed E-state index contributed by atoms with van der Waals surface area (Å²) >= 11 is 0. The molecular weight excluding hydrogens is 335 g/mol. The summed E-state index contributed by atoms with van der Waals surface area (Å²) in [5, 5.41) is 0. The highest BCUT2D eigenvalue weighted by Crippen LogP contribution is 2.43. The van der Waals surface area contributed by atoms with Gasteiger partial charge in [0.15, 0.2) is 11.5 Å². The van der Waals surface area contributed by atoms with E-state index in [9.17, 15) is 4.79 Å². The molecule has 6 nitrogen and oxygen atoms in total. The predicted octanol–water partition coefficient (Wildman–Crippen LogP) is 3.37. The fourth-order valence-corrected chi connectivity index (χ4v) is 2.88. The van der Waals surface area contributed by atoms with Crippen LogP contribution in [0.5, 0.6) is 11.5 Å². The molecule has 1 saturated heterocycles. The van der Waals surface area contributed by atoms with E-state index >= 15 is 0 Å². The Bertz CT molecular complexity index is 627. The molecule has 144 valence electrons. The lowest BCUT2D eigenvalue weighted by molar-refractivity contribution is -0.140. The number of rotatable bonds is 7. The van der Waals surface area contributed by atoms with E-state index in [4.69, 9.17) is 23.5 Å². The summed E-state index contributed by atoms with van der Waals surface area (Å²) in [6.07, 6.45) is 0.143. The van der Waals surface area contributed by atoms with E-state index in [2.05, 4.69) is 0 Å². The average Bonchev–Trinajstić information content (AvgIpc) is 2.80. The summed E-state index contributed by atoms with van der Waals surface area (Å²) < 4.78 is 28.2. The van der Waals surface area contributed by atoms with E-state index in [-0.39, 0.29) is 18.2 Å². The first-order valence-corrected chi connectivity index (χ1v) is 8.88. The van der Waals surface area contributed by atoms with Crippen molar-refractivity contribution in [1.29, 1.82) is 0 Å². The SMILES string of the molecule is CCOc1ccc(C(CC(=O)OC)B2OC(C)(C)C(C)(C)O2)cc1OC. The summed E-state index contributed by atoms with van der Waals surface area (Å²) in [4.78, 5) is 12.0. The number of carbonyl (C=O) groups excluding carboxylic acids is 1. The van der Waals surface area contributed by atoms with Crippen molar-refractivity contribution in [1.82, 2.24) is 0 Å². The van der Waals surface area contributed by atoms with Crippen molar-refractivity contribution in [2.75, 3.05) is 20.8 Å². The second-order valence-electron chi connectivity index (χ2n) is 7.35. The fourth-order valence-electron chi connectivity index (χ4n) is 2.88. The Morgan fingerprint density at radius 1 is 1.12 bits per heavy atom. The van der Waals surface area contributed by atoms with Crippen molar-refractivity contribution in [2.24, 2.45) is 0 Å². The second kappa shape index (κ2) is 7.88. The molecule has 1 aliphatic rings. The lowest BCUT2D eigenvalue weighted by atomic mass is 9.66. The van der Waals surface area contributed by atoms with Crippen LogP contribution in [-0.4, -0.2) is 45.1 Å². The van der Waals surface area contributed by atoms with Gasteiger partial charge in [0.2, 0.25) is 0 Å². The van der Waals surface area contributed by atoms with Crippen LogP contribution in [0.2, 0.25) is 0 Å². The standard InChI is InChI=1S/C19H29BO6/c1-8-24-15-10-9-13(11-16(15)22-6)14(12-17(21)23-7)20-25-18(2,3)19(4,5)26-20/h9-11,14H,8,12H2,1-7H3. The number of hydrogen-bond donors (Lipinski definition) is 0. The third-order valence-corrected chi connectivity index (χ3v) is 5.13. The average molecular weight is 364 g/mol. The van der Waals surface area contributed by atoms with E-state index in [1.165, 1.54) is 7.11 Å². The van der Waals surface area contributed by atoms with E-state index in [0.717, 1.165) is 5.56 Å². The Hall–Kier alpha value is -1.73. The quantitative estimate of drug-likeness (QED) is 0.546. The van der Waals surface area contributed by atoms with Crippen molar-refractivity contribution in [3.05, 3.63) is 23.8 Å². The third kappa shape index (κ3) is 4.15. The van der Waals surface area contributed by atoms with Crippen LogP contribution in [0, 0.1) is 0 Å². The number of esters is 1. The van der Waals surface area contributed by atoms with Gasteiger partial charge in [0, 0.05) is 5.82 Å². The Morgan fingerprint density at radius 2 is 1.73 bits per heavy atom. The molecule has 0 bridgehead atoms. The molecule has 1 fully saturated rings. The first kappa shape index (κ1) is 20.6. The van der Waals surface area contributed by atoms with Crippen LogP contribution in [0.4, 0.5) is 0 Å². The molecule has 1 aromatic rings. The number of methoxy groups -OCH3 is 2. The molecule has 1 heterocycles. The maximum absolute atomic E-state index is 12.0. The zero-order chi connectivity index (χ0) is 19.5. The van der Waals surface area contributed by atoms with Gasteiger partial charge in [-0.25, -0.2) is 0 Å². The number of ether oxygens (including phenoxy) is 3. The molecule has 26 heavy (non-hydrogen) atoms. The monoisotopic (exact) mass is 364 g/mol. The smallest absolute Gasteiger partial charge is 0.466 e. The topological polar surface area (TPSA) is 63.2 Å². The van der Waals surface area contributed by atoms with Crippen LogP contribution < -0.4 is 9.47 Å². The molecule has 0 saturated carbocycles. The van der Waals surface area contributed by atoms with Gasteiger partial charge in [-0.1, -0.05) is 6.07 Å². The molecule has 1 atom stereocenters. The summed E-state index contributed by atoms with van der Waals surface area (Å²) in [7, 11) is 2.40. The lowest BCUT2D eigenvalue weighted by Gasteiger charge is -2.32. The minimum absolute atomic E-state index is 0.143. The van der Waals surface area contributed by atoms with Gasteiger partial charge in [-0.3, -0.25) is 4.79 Å². The van der Waals surface area contributed by atoms with E-state index < -0.39 is 18.3 Å². The van der Waals surface area contributed by atoms with Gasteiger partial charge in [0.1, 0.15) is 0 Å². The van der Waals surface area contributed by atoms with Gasteiger partial charge in [-0.05, 0) is 52.3 Å². The normalized spacial score (nSPS) is 19.1. The van der Waals surface area contributed by atoms with E-state index in [0.29, 0.717) is 18.1 Å². The molecule has 0 radical (unpaired) electrons. The minimum atomic E-state index is -0.568. The van der Waals surface area contributed by atoms with Gasteiger partial charge >= 0.3 is 13.1 Å². The Kier molecular flexibility index (Phi) is 6.24. The molecule has 0 amide bonds. The van der Waals surface area contributed by atoms with Gasteiger partial charge in [-0.2, -0.15) is 0 Å². The maximum Gasteiger partial charge on any atom is 0.466 e. The van der Waals surface area contributed by atoms with Crippen molar-refractivity contribution in [2.45, 2.75) is 58.1 Å². The van der Waals surface area contributed by atoms with E-state index in [1.807, 2.05) is 52.8 Å². The maximum atomic E-state index is 12.0. The molecule has 1 aromatic carbocycles. The molecule has 7 heteroatoms. The van der Waals surface area contributed by atoms with Gasteiger partial charge < -0.3 is 23.5 Å². The van der Waals surface area contributed by atoms with Gasteiger partial charge in [-0.15, -0.1) is 0 Å². The summed E-state index contributed by atoms with van der Waals surface area (Å²) in [5.41, 5.74) is -0.0998. The van der Waals surface area contributed by atoms with Gasteiger partial charge in [0.25, 0.3) is 0 Å². The zero-order valence-electron chi connectivity index (χ0n) is 16.8. The van der Waals surface area contributed by atoms with Crippen LogP contribution in [0.25, 0.3) is 0 Å². The number of benzene rings is 1. The summed E-state index contributed by atoms with van der Waals surface area (Å²) in [6, 6.07) is 5.61. The van der Waals surface area contributed by atoms with Crippen molar-refractivity contribution < 1.29 is 28.3 Å². The number of hydrogen-bond acceptors (Lipinski definition) is 6. The lowest BCUT2D eigenvalue weighted by Crippen LogP contribution is -2.41. The van der Waals surface area contributed by atoms with Crippen molar-refractivity contribution in [3.63, 3.8) is 0 Å². The molecular formula is C19H29BO6. The largest absolute Gasteiger partial charge is 0.493 e. The molecule has 0 aromatic heterocycles. The van der Waals surface area contributed by atoms with Gasteiger partial charge in [0.05, 0.1) is 38.4 Å². The molecule has 0 N–H and O–H groups in total. The number of carbonyl (C=O) groups is 1. The van der Waals surface area contributed by atoms with Crippen LogP contribution in [0.15, 0.2) is 18.2 Å². The Balaban J connectivity index is 2.38. The van der Waals surface area contributed by atoms with Crippen LogP contribution in [0.3, 0.4) is 0 Å². The highest BCUT2D eigenvalue weighted by molar-refractivity contribution is 6.48. The molecule has 1 aliphatic heterocycles. The highest BCUT2D eigenvalue weighted by Gasteiger charge is 2.54. The van der Waals surface area contributed by atoms with Crippen LogP contribution in [0.1, 0.15) is 52.4 Å². The van der Waals surface area contributed by atoms with Crippen LogP contribution in [-0.2, 0) is 18.8 Å².